The van der Waals surface area contributed by atoms with Crippen molar-refractivity contribution in [3.8, 4) is 0 Å². The molecular weight excluding hydrogens is 252 g/mol. The lowest BCUT2D eigenvalue weighted by atomic mass is 10.1. The Kier molecular flexibility index (Phi) is 3.70. The Morgan fingerprint density at radius 3 is 1.62 bits per heavy atom. The van der Waals surface area contributed by atoms with Gasteiger partial charge >= 0.3 is 0 Å². The zero-order chi connectivity index (χ0) is 10.2. The highest BCUT2D eigenvalue weighted by atomic mass is 35.5. The first-order valence-electron chi connectivity index (χ1n) is 3.65. The summed E-state index contributed by atoms with van der Waals surface area (Å²) < 4.78 is 0. The Morgan fingerprint density at radius 1 is 0.923 bits per heavy atom. The third-order valence-electron chi connectivity index (χ3n) is 1.61. The fourth-order valence-electron chi connectivity index (χ4n) is 1.01. The smallest absolute Gasteiger partial charge is 0.149 e. The predicted octanol–water partition coefficient (Wildman–Crippen LogP) is 4.82. The molecule has 1 nitrogen and oxygen atoms in total. The average molecular weight is 259 g/mol. The molecule has 0 saturated heterocycles. The lowest BCUT2D eigenvalue weighted by Gasteiger charge is -2.11. The van der Waals surface area contributed by atoms with E-state index in [4.69, 9.17) is 46.4 Å². The molecule has 0 atom stereocenters. The van der Waals surface area contributed by atoms with Crippen molar-refractivity contribution in [1.82, 2.24) is 4.98 Å². The van der Waals surface area contributed by atoms with E-state index in [0.29, 0.717) is 10.0 Å². The Labute approximate surface area is 97.0 Å². The Morgan fingerprint density at radius 2 is 1.31 bits per heavy atom. The number of pyridine rings is 1. The highest BCUT2D eigenvalue weighted by molar-refractivity contribution is 6.46. The van der Waals surface area contributed by atoms with Crippen molar-refractivity contribution in [3.63, 3.8) is 0 Å². The van der Waals surface area contributed by atoms with Crippen molar-refractivity contribution in [3.05, 3.63) is 25.9 Å². The van der Waals surface area contributed by atoms with Gasteiger partial charge in [0.1, 0.15) is 10.3 Å². The van der Waals surface area contributed by atoms with Gasteiger partial charge in [-0.05, 0) is 11.5 Å². The third-order valence-corrected chi connectivity index (χ3v) is 3.11. The van der Waals surface area contributed by atoms with Crippen LogP contribution in [0.2, 0.25) is 20.4 Å². The van der Waals surface area contributed by atoms with Gasteiger partial charge in [-0.1, -0.05) is 60.3 Å². The average Bonchev–Trinajstić information content (AvgIpc) is 2.01. The van der Waals surface area contributed by atoms with E-state index in [-0.39, 0.29) is 16.2 Å². The summed E-state index contributed by atoms with van der Waals surface area (Å²) >= 11 is 23.4. The molecule has 1 heterocycles. The van der Waals surface area contributed by atoms with E-state index >= 15 is 0 Å². The molecule has 0 aliphatic rings. The Balaban J connectivity index is 3.46. The van der Waals surface area contributed by atoms with Gasteiger partial charge in [0, 0.05) is 0 Å². The molecule has 0 aromatic carbocycles. The van der Waals surface area contributed by atoms with Crippen molar-refractivity contribution in [2.45, 2.75) is 19.8 Å². The molecular formula is C8H7Cl4N. The van der Waals surface area contributed by atoms with Gasteiger partial charge in [-0.2, -0.15) is 0 Å². The maximum atomic E-state index is 5.93. The van der Waals surface area contributed by atoms with Crippen molar-refractivity contribution in [2.75, 3.05) is 0 Å². The van der Waals surface area contributed by atoms with E-state index in [1.807, 2.05) is 13.8 Å². The van der Waals surface area contributed by atoms with Crippen molar-refractivity contribution in [2.24, 2.45) is 0 Å². The minimum absolute atomic E-state index is 0.165. The summed E-state index contributed by atoms with van der Waals surface area (Å²) in [6, 6.07) is 0. The molecule has 0 bridgehead atoms. The molecule has 0 fully saturated rings. The maximum Gasteiger partial charge on any atom is 0.149 e. The van der Waals surface area contributed by atoms with Crippen LogP contribution in [0.1, 0.15) is 25.3 Å². The summed E-state index contributed by atoms with van der Waals surface area (Å²) in [6.07, 6.45) is 0. The van der Waals surface area contributed by atoms with Gasteiger partial charge < -0.3 is 0 Å². The highest BCUT2D eigenvalue weighted by Gasteiger charge is 2.17. The molecule has 5 heteroatoms. The molecule has 0 spiro atoms. The third kappa shape index (κ3) is 2.21. The number of aromatic nitrogens is 1. The van der Waals surface area contributed by atoms with Crippen LogP contribution in [0.3, 0.4) is 0 Å². The van der Waals surface area contributed by atoms with Crippen LogP contribution in [-0.2, 0) is 0 Å². The molecule has 0 N–H and O–H groups in total. The largest absolute Gasteiger partial charge is 0.221 e. The molecule has 1 aromatic rings. The van der Waals surface area contributed by atoms with Crippen molar-refractivity contribution in [1.29, 1.82) is 0 Å². The first kappa shape index (κ1) is 11.4. The minimum Gasteiger partial charge on any atom is -0.221 e. The molecule has 72 valence electrons. The number of hydrogen-bond acceptors (Lipinski definition) is 1. The lowest BCUT2D eigenvalue weighted by molar-refractivity contribution is 0.864. The highest BCUT2D eigenvalue weighted by Crippen LogP contribution is 2.38. The summed E-state index contributed by atoms with van der Waals surface area (Å²) in [5.41, 5.74) is 0.744. The van der Waals surface area contributed by atoms with Crippen molar-refractivity contribution >= 4 is 46.4 Å². The predicted molar refractivity (Wildman–Crippen MR) is 58.4 cm³/mol. The van der Waals surface area contributed by atoms with Crippen LogP contribution in [0.4, 0.5) is 0 Å². The second kappa shape index (κ2) is 4.22. The van der Waals surface area contributed by atoms with E-state index in [9.17, 15) is 0 Å². The molecule has 0 aliphatic heterocycles. The monoisotopic (exact) mass is 257 g/mol. The molecule has 1 rings (SSSR count). The van der Waals surface area contributed by atoms with Gasteiger partial charge in [0.15, 0.2) is 0 Å². The van der Waals surface area contributed by atoms with E-state index in [2.05, 4.69) is 4.98 Å². The van der Waals surface area contributed by atoms with Gasteiger partial charge in [0.05, 0.1) is 10.0 Å². The number of rotatable bonds is 1. The molecule has 0 radical (unpaired) electrons. The SMILES string of the molecule is CC(C)c1c(Cl)c(Cl)nc(Cl)c1Cl. The first-order valence-corrected chi connectivity index (χ1v) is 5.16. The number of nitrogens with zero attached hydrogens (tertiary/aromatic N) is 1. The molecule has 1 aromatic heterocycles. The zero-order valence-electron chi connectivity index (χ0n) is 7.04. The molecule has 0 aliphatic carbocycles. The fraction of sp³-hybridized carbons (Fsp3) is 0.375. The topological polar surface area (TPSA) is 12.9 Å². The summed E-state index contributed by atoms with van der Waals surface area (Å²) in [4.78, 5) is 3.78. The van der Waals surface area contributed by atoms with Gasteiger partial charge in [-0.15, -0.1) is 0 Å². The van der Waals surface area contributed by atoms with E-state index in [1.165, 1.54) is 0 Å². The normalized spacial score (nSPS) is 11.0. The van der Waals surface area contributed by atoms with Crippen LogP contribution in [-0.4, -0.2) is 4.98 Å². The van der Waals surface area contributed by atoms with Gasteiger partial charge in [0.2, 0.25) is 0 Å². The van der Waals surface area contributed by atoms with Gasteiger partial charge in [-0.25, -0.2) is 4.98 Å². The Hall–Kier alpha value is 0.310. The zero-order valence-corrected chi connectivity index (χ0v) is 10.1. The van der Waals surface area contributed by atoms with Crippen LogP contribution in [0.5, 0.6) is 0 Å². The van der Waals surface area contributed by atoms with Crippen LogP contribution in [0, 0.1) is 0 Å². The number of halogens is 4. The Bertz CT molecular complexity index is 309. The van der Waals surface area contributed by atoms with Crippen LogP contribution in [0.25, 0.3) is 0 Å². The second-order valence-electron chi connectivity index (χ2n) is 2.89. The standard InChI is InChI=1S/C8H7Cl4N/c1-3(2)4-5(9)7(11)13-8(12)6(4)10/h3H,1-2H3. The summed E-state index contributed by atoms with van der Waals surface area (Å²) in [5.74, 6) is 0.165. The molecule has 13 heavy (non-hydrogen) atoms. The summed E-state index contributed by atoms with van der Waals surface area (Å²) in [5, 5.41) is 1.15. The molecule has 0 amide bonds. The van der Waals surface area contributed by atoms with Crippen molar-refractivity contribution < 1.29 is 0 Å². The lowest BCUT2D eigenvalue weighted by Crippen LogP contribution is -1.94. The van der Waals surface area contributed by atoms with Gasteiger partial charge in [0.25, 0.3) is 0 Å². The van der Waals surface area contributed by atoms with E-state index in [0.717, 1.165) is 5.56 Å². The molecule has 0 saturated carbocycles. The summed E-state index contributed by atoms with van der Waals surface area (Å²) in [6.45, 7) is 3.92. The van der Waals surface area contributed by atoms with E-state index in [1.54, 1.807) is 0 Å². The first-order chi connectivity index (χ1) is 5.95. The van der Waals surface area contributed by atoms with Gasteiger partial charge in [-0.3, -0.25) is 0 Å². The van der Waals surface area contributed by atoms with Crippen LogP contribution < -0.4 is 0 Å². The number of hydrogen-bond donors (Lipinski definition) is 0. The van der Waals surface area contributed by atoms with Crippen LogP contribution >= 0.6 is 46.4 Å². The van der Waals surface area contributed by atoms with E-state index < -0.39 is 0 Å². The van der Waals surface area contributed by atoms with Crippen LogP contribution in [0.15, 0.2) is 0 Å². The minimum atomic E-state index is 0.165. The summed E-state index contributed by atoms with van der Waals surface area (Å²) in [7, 11) is 0. The second-order valence-corrected chi connectivity index (χ2v) is 4.36. The molecule has 0 unspecified atom stereocenters. The quantitative estimate of drug-likeness (QED) is 0.659. The fourth-order valence-corrected chi connectivity index (χ4v) is 2.18. The maximum absolute atomic E-state index is 5.93.